The summed E-state index contributed by atoms with van der Waals surface area (Å²) in [6.07, 6.45) is 1.51. The van der Waals surface area contributed by atoms with Crippen LogP contribution in [0.1, 0.15) is 29.3 Å². The van der Waals surface area contributed by atoms with Crippen LogP contribution in [-0.2, 0) is 6.73 Å². The molecule has 0 bridgehead atoms. The van der Waals surface area contributed by atoms with E-state index in [9.17, 15) is 13.6 Å². The Kier molecular flexibility index (Phi) is 4.94. The van der Waals surface area contributed by atoms with E-state index >= 15 is 0 Å². The van der Waals surface area contributed by atoms with Gasteiger partial charge in [-0.15, -0.1) is 0 Å². The van der Waals surface area contributed by atoms with Crippen LogP contribution in [0.25, 0.3) is 11.1 Å². The van der Waals surface area contributed by atoms with Crippen molar-refractivity contribution in [2.24, 2.45) is 0 Å². The zero-order valence-electron chi connectivity index (χ0n) is 15.3. The number of amides is 1. The number of rotatable bonds is 6. The SMILES string of the molecule is CC(NC(=O)c1ccn(COc2ccc(F)cc2F)n1)c1nc2ccccc2o1. The lowest BCUT2D eigenvalue weighted by Crippen LogP contribution is -2.27. The number of nitrogens with one attached hydrogen (secondary N) is 1. The predicted octanol–water partition coefficient (Wildman–Crippen LogP) is 3.83. The van der Waals surface area contributed by atoms with E-state index in [0.29, 0.717) is 17.0 Å². The highest BCUT2D eigenvalue weighted by atomic mass is 19.1. The van der Waals surface area contributed by atoms with Gasteiger partial charge < -0.3 is 14.5 Å². The molecule has 9 heteroatoms. The van der Waals surface area contributed by atoms with Crippen molar-refractivity contribution in [1.82, 2.24) is 20.1 Å². The zero-order chi connectivity index (χ0) is 20.4. The number of para-hydroxylation sites is 2. The molecule has 29 heavy (non-hydrogen) atoms. The highest BCUT2D eigenvalue weighted by Gasteiger charge is 2.18. The Morgan fingerprint density at radius 2 is 2.07 bits per heavy atom. The summed E-state index contributed by atoms with van der Waals surface area (Å²) in [5, 5.41) is 6.86. The number of hydrogen-bond acceptors (Lipinski definition) is 5. The van der Waals surface area contributed by atoms with Crippen LogP contribution >= 0.6 is 0 Å². The summed E-state index contributed by atoms with van der Waals surface area (Å²) < 4.78 is 38.7. The first-order valence-electron chi connectivity index (χ1n) is 8.77. The molecule has 1 amide bonds. The van der Waals surface area contributed by atoms with Crippen LogP contribution in [-0.4, -0.2) is 20.7 Å². The van der Waals surface area contributed by atoms with E-state index in [-0.39, 0.29) is 18.2 Å². The molecule has 0 spiro atoms. The summed E-state index contributed by atoms with van der Waals surface area (Å²) >= 11 is 0. The smallest absolute Gasteiger partial charge is 0.272 e. The monoisotopic (exact) mass is 398 g/mol. The van der Waals surface area contributed by atoms with Crippen molar-refractivity contribution in [3.05, 3.63) is 77.9 Å². The number of ether oxygens (including phenoxy) is 1. The van der Waals surface area contributed by atoms with E-state index in [1.807, 2.05) is 18.2 Å². The van der Waals surface area contributed by atoms with Gasteiger partial charge in [0.15, 0.2) is 23.9 Å². The van der Waals surface area contributed by atoms with E-state index in [1.54, 1.807) is 13.0 Å². The molecule has 7 nitrogen and oxygen atoms in total. The minimum absolute atomic E-state index is 0.113. The average molecular weight is 398 g/mol. The van der Waals surface area contributed by atoms with Gasteiger partial charge in [0.05, 0.1) is 0 Å². The van der Waals surface area contributed by atoms with Crippen molar-refractivity contribution < 1.29 is 22.7 Å². The largest absolute Gasteiger partial charge is 0.468 e. The lowest BCUT2D eigenvalue weighted by Gasteiger charge is -2.09. The van der Waals surface area contributed by atoms with Crippen LogP contribution in [0.4, 0.5) is 8.78 Å². The molecule has 148 valence electrons. The van der Waals surface area contributed by atoms with Crippen molar-refractivity contribution in [2.45, 2.75) is 19.7 Å². The van der Waals surface area contributed by atoms with Gasteiger partial charge in [0.25, 0.3) is 5.91 Å². The van der Waals surface area contributed by atoms with Crippen LogP contribution in [0, 0.1) is 11.6 Å². The van der Waals surface area contributed by atoms with Crippen LogP contribution in [0.2, 0.25) is 0 Å². The van der Waals surface area contributed by atoms with E-state index < -0.39 is 23.6 Å². The second-order valence-corrected chi connectivity index (χ2v) is 6.30. The average Bonchev–Trinajstić information content (AvgIpc) is 3.34. The summed E-state index contributed by atoms with van der Waals surface area (Å²) in [7, 11) is 0. The Labute approximate surface area is 163 Å². The molecule has 0 saturated carbocycles. The summed E-state index contributed by atoms with van der Waals surface area (Å²) in [6, 6.07) is 11.3. The predicted molar refractivity (Wildman–Crippen MR) is 99.1 cm³/mol. The standard InChI is InChI=1S/C20H16F2N4O3/c1-12(20-24-15-4-2-3-5-18(15)29-20)23-19(27)16-8-9-26(25-16)11-28-17-7-6-13(21)10-14(17)22/h2-10,12H,11H2,1H3,(H,23,27). The molecule has 2 aromatic carbocycles. The molecule has 0 aliphatic rings. The van der Waals surface area contributed by atoms with E-state index in [0.717, 1.165) is 12.1 Å². The van der Waals surface area contributed by atoms with Crippen molar-refractivity contribution in [1.29, 1.82) is 0 Å². The van der Waals surface area contributed by atoms with Gasteiger partial charge in [-0.2, -0.15) is 5.10 Å². The summed E-state index contributed by atoms with van der Waals surface area (Å²) in [5.74, 6) is -1.67. The summed E-state index contributed by atoms with van der Waals surface area (Å²) in [5.41, 5.74) is 1.49. The maximum absolute atomic E-state index is 13.6. The van der Waals surface area contributed by atoms with Gasteiger partial charge in [0.1, 0.15) is 23.1 Å². The second kappa shape index (κ2) is 7.70. The molecule has 2 aromatic heterocycles. The second-order valence-electron chi connectivity index (χ2n) is 6.30. The lowest BCUT2D eigenvalue weighted by atomic mass is 10.3. The van der Waals surface area contributed by atoms with E-state index in [2.05, 4.69) is 15.4 Å². The molecule has 0 aliphatic carbocycles. The minimum atomic E-state index is -0.817. The molecule has 0 fully saturated rings. The van der Waals surface area contributed by atoms with Crippen LogP contribution in [0.3, 0.4) is 0 Å². The molecule has 1 unspecified atom stereocenters. The maximum atomic E-state index is 13.6. The van der Waals surface area contributed by atoms with Gasteiger partial charge in [-0.1, -0.05) is 12.1 Å². The molecule has 0 radical (unpaired) electrons. The third-order valence-corrected chi connectivity index (χ3v) is 4.15. The van der Waals surface area contributed by atoms with Crippen LogP contribution in [0.5, 0.6) is 5.75 Å². The Morgan fingerprint density at radius 3 is 2.86 bits per heavy atom. The fourth-order valence-electron chi connectivity index (χ4n) is 2.69. The number of benzene rings is 2. The van der Waals surface area contributed by atoms with Crippen LogP contribution < -0.4 is 10.1 Å². The Morgan fingerprint density at radius 1 is 1.24 bits per heavy atom. The van der Waals surface area contributed by atoms with Gasteiger partial charge in [0, 0.05) is 12.3 Å². The number of hydrogen-bond donors (Lipinski definition) is 1. The first kappa shape index (κ1) is 18.6. The molecular formula is C20H16F2N4O3. The number of carbonyl (C=O) groups is 1. The Bertz CT molecular complexity index is 1140. The number of carbonyl (C=O) groups excluding carboxylic acids is 1. The third-order valence-electron chi connectivity index (χ3n) is 4.15. The van der Waals surface area contributed by atoms with Gasteiger partial charge in [-0.05, 0) is 37.3 Å². The normalized spacial score (nSPS) is 12.1. The van der Waals surface area contributed by atoms with Crippen LogP contribution in [0.15, 0.2) is 59.1 Å². The van der Waals surface area contributed by atoms with Gasteiger partial charge in [-0.25, -0.2) is 18.4 Å². The molecule has 2 heterocycles. The first-order valence-corrected chi connectivity index (χ1v) is 8.77. The van der Waals surface area contributed by atoms with E-state index in [1.165, 1.54) is 23.0 Å². The number of fused-ring (bicyclic) bond motifs is 1. The number of nitrogens with zero attached hydrogens (tertiary/aromatic N) is 3. The van der Waals surface area contributed by atoms with Crippen molar-refractivity contribution in [3.63, 3.8) is 0 Å². The molecule has 0 saturated heterocycles. The number of oxazole rings is 1. The molecule has 4 rings (SSSR count). The molecule has 4 aromatic rings. The quantitative estimate of drug-likeness (QED) is 0.534. The van der Waals surface area contributed by atoms with E-state index in [4.69, 9.17) is 9.15 Å². The van der Waals surface area contributed by atoms with Crippen molar-refractivity contribution in [2.75, 3.05) is 0 Å². The van der Waals surface area contributed by atoms with Gasteiger partial charge in [-0.3, -0.25) is 4.79 Å². The highest BCUT2D eigenvalue weighted by Crippen LogP contribution is 2.20. The molecule has 1 atom stereocenters. The minimum Gasteiger partial charge on any atom is -0.468 e. The Balaban J connectivity index is 1.38. The first-order chi connectivity index (χ1) is 14.0. The highest BCUT2D eigenvalue weighted by molar-refractivity contribution is 5.92. The number of halogens is 2. The maximum Gasteiger partial charge on any atom is 0.272 e. The summed E-state index contributed by atoms with van der Waals surface area (Å²) in [6.45, 7) is 1.61. The van der Waals surface area contributed by atoms with Crippen molar-refractivity contribution >= 4 is 17.0 Å². The summed E-state index contributed by atoms with van der Waals surface area (Å²) in [4.78, 5) is 16.8. The molecule has 1 N–H and O–H groups in total. The van der Waals surface area contributed by atoms with Crippen molar-refractivity contribution in [3.8, 4) is 5.75 Å². The molecular weight excluding hydrogens is 382 g/mol. The van der Waals surface area contributed by atoms with Gasteiger partial charge in [0.2, 0.25) is 5.89 Å². The molecule has 0 aliphatic heterocycles. The lowest BCUT2D eigenvalue weighted by molar-refractivity contribution is 0.0927. The fourth-order valence-corrected chi connectivity index (χ4v) is 2.69. The zero-order valence-corrected chi connectivity index (χ0v) is 15.3. The number of aromatic nitrogens is 3. The fraction of sp³-hybridized carbons (Fsp3) is 0.150. The third kappa shape index (κ3) is 4.08. The Hall–Kier alpha value is -3.75. The van der Waals surface area contributed by atoms with Gasteiger partial charge >= 0.3 is 0 Å². The topological polar surface area (TPSA) is 82.2 Å².